The van der Waals surface area contributed by atoms with Gasteiger partial charge in [-0.25, -0.2) is 0 Å². The number of alkyl halides is 2. The van der Waals surface area contributed by atoms with Crippen LogP contribution >= 0.6 is 0 Å². The van der Waals surface area contributed by atoms with E-state index in [1.54, 1.807) is 0 Å². The number of nitrogens with two attached hydrogens (primary N) is 1. The maximum absolute atomic E-state index is 11.8. The minimum atomic E-state index is -2.95. The maximum Gasteiger partial charge on any atom is 0.387 e. The van der Waals surface area contributed by atoms with Crippen LogP contribution in [0.4, 0.5) is 14.5 Å². The summed E-state index contributed by atoms with van der Waals surface area (Å²) in [6.07, 6.45) is 0. The topological polar surface area (TPSA) is 67.5 Å². The standard InChI is InChI=1S/C7H8F2N2O2/c8-7(9)13-5-3-1-2-4(12)6(5)11-10/h1-3,7,11-12H,10H2. The number of nitrogen functional groups attached to an aromatic ring is 1. The van der Waals surface area contributed by atoms with E-state index in [1.165, 1.54) is 18.2 Å². The second kappa shape index (κ2) is 3.90. The fourth-order valence-corrected chi connectivity index (χ4v) is 0.859. The lowest BCUT2D eigenvalue weighted by molar-refractivity contribution is -0.0494. The summed E-state index contributed by atoms with van der Waals surface area (Å²) in [5.74, 6) is 4.55. The highest BCUT2D eigenvalue weighted by Crippen LogP contribution is 2.33. The number of aromatic hydroxyl groups is 1. The van der Waals surface area contributed by atoms with Crippen LogP contribution in [-0.4, -0.2) is 11.7 Å². The summed E-state index contributed by atoms with van der Waals surface area (Å²) in [6, 6.07) is 3.93. The van der Waals surface area contributed by atoms with Gasteiger partial charge in [0.15, 0.2) is 5.75 Å². The van der Waals surface area contributed by atoms with Crippen molar-refractivity contribution in [2.24, 2.45) is 5.84 Å². The van der Waals surface area contributed by atoms with Crippen molar-refractivity contribution in [1.82, 2.24) is 0 Å². The van der Waals surface area contributed by atoms with Crippen LogP contribution in [0.2, 0.25) is 0 Å². The Hall–Kier alpha value is -1.56. The molecule has 0 unspecified atom stereocenters. The molecular formula is C7H8F2N2O2. The first-order valence-corrected chi connectivity index (χ1v) is 3.38. The molecule has 0 aromatic heterocycles. The Morgan fingerprint density at radius 2 is 2.15 bits per heavy atom. The van der Waals surface area contributed by atoms with Crippen molar-refractivity contribution in [3.05, 3.63) is 18.2 Å². The summed E-state index contributed by atoms with van der Waals surface area (Å²) in [5, 5.41) is 9.14. The van der Waals surface area contributed by atoms with E-state index in [4.69, 9.17) is 10.9 Å². The number of hydrogen-bond donors (Lipinski definition) is 3. The van der Waals surface area contributed by atoms with Crippen molar-refractivity contribution in [2.75, 3.05) is 5.43 Å². The van der Waals surface area contributed by atoms with E-state index < -0.39 is 6.61 Å². The number of halogens is 2. The molecule has 0 radical (unpaired) electrons. The van der Waals surface area contributed by atoms with Gasteiger partial charge in [0.05, 0.1) is 0 Å². The zero-order valence-corrected chi connectivity index (χ0v) is 6.50. The van der Waals surface area contributed by atoms with Crippen molar-refractivity contribution in [3.63, 3.8) is 0 Å². The van der Waals surface area contributed by atoms with Crippen LogP contribution in [0.3, 0.4) is 0 Å². The second-order valence-corrected chi connectivity index (χ2v) is 2.17. The lowest BCUT2D eigenvalue weighted by Crippen LogP contribution is -2.10. The number of ether oxygens (including phenoxy) is 1. The SMILES string of the molecule is NNc1c(O)cccc1OC(F)F. The first-order valence-electron chi connectivity index (χ1n) is 3.38. The number of hydrogen-bond acceptors (Lipinski definition) is 4. The normalized spacial score (nSPS) is 10.2. The Balaban J connectivity index is 2.98. The van der Waals surface area contributed by atoms with E-state index in [1.807, 2.05) is 0 Å². The molecule has 0 aliphatic carbocycles. The Bertz CT molecular complexity index is 294. The summed E-state index contributed by atoms with van der Waals surface area (Å²) < 4.78 is 27.7. The molecule has 0 amide bonds. The number of nitrogens with one attached hydrogen (secondary N) is 1. The van der Waals surface area contributed by atoms with E-state index in [2.05, 4.69) is 10.2 Å². The van der Waals surface area contributed by atoms with E-state index in [0.29, 0.717) is 0 Å². The molecule has 0 heterocycles. The summed E-state index contributed by atoms with van der Waals surface area (Å²) in [5.41, 5.74) is 1.99. The van der Waals surface area contributed by atoms with Gasteiger partial charge in [0, 0.05) is 0 Å². The van der Waals surface area contributed by atoms with E-state index in [9.17, 15) is 8.78 Å². The molecule has 72 valence electrons. The average molecular weight is 190 g/mol. The number of phenols is 1. The molecule has 13 heavy (non-hydrogen) atoms. The molecule has 0 fully saturated rings. The number of para-hydroxylation sites is 1. The molecule has 0 aliphatic heterocycles. The van der Waals surface area contributed by atoms with Gasteiger partial charge in [-0.3, -0.25) is 5.84 Å². The molecule has 6 heteroatoms. The van der Waals surface area contributed by atoms with Gasteiger partial charge < -0.3 is 15.3 Å². The molecule has 4 nitrogen and oxygen atoms in total. The number of hydrazine groups is 1. The fraction of sp³-hybridized carbons (Fsp3) is 0.143. The average Bonchev–Trinajstić information content (AvgIpc) is 2.03. The zero-order chi connectivity index (χ0) is 9.84. The quantitative estimate of drug-likeness (QED) is 0.381. The smallest absolute Gasteiger partial charge is 0.387 e. The minimum Gasteiger partial charge on any atom is -0.506 e. The van der Waals surface area contributed by atoms with Crippen LogP contribution in [0, 0.1) is 0 Å². The fourth-order valence-electron chi connectivity index (χ4n) is 0.859. The summed E-state index contributed by atoms with van der Waals surface area (Å²) >= 11 is 0. The van der Waals surface area contributed by atoms with Crippen molar-refractivity contribution in [3.8, 4) is 11.5 Å². The molecule has 0 saturated heterocycles. The molecule has 1 aromatic rings. The predicted molar refractivity (Wildman–Crippen MR) is 42.5 cm³/mol. The van der Waals surface area contributed by atoms with Crippen LogP contribution in [-0.2, 0) is 0 Å². The lowest BCUT2D eigenvalue weighted by Gasteiger charge is -2.10. The van der Waals surface area contributed by atoms with Gasteiger partial charge in [-0.1, -0.05) is 6.07 Å². The first kappa shape index (κ1) is 9.53. The Morgan fingerprint density at radius 1 is 1.46 bits per heavy atom. The van der Waals surface area contributed by atoms with Gasteiger partial charge in [-0.2, -0.15) is 8.78 Å². The first-order chi connectivity index (χ1) is 6.15. The highest BCUT2D eigenvalue weighted by molar-refractivity contribution is 5.64. The summed E-state index contributed by atoms with van der Waals surface area (Å²) in [6.45, 7) is -2.95. The van der Waals surface area contributed by atoms with Crippen molar-refractivity contribution >= 4 is 5.69 Å². The van der Waals surface area contributed by atoms with Gasteiger partial charge in [0.25, 0.3) is 0 Å². The van der Waals surface area contributed by atoms with Crippen molar-refractivity contribution in [2.45, 2.75) is 6.61 Å². The molecule has 1 aromatic carbocycles. The van der Waals surface area contributed by atoms with Crippen molar-refractivity contribution in [1.29, 1.82) is 0 Å². The highest BCUT2D eigenvalue weighted by atomic mass is 19.3. The van der Waals surface area contributed by atoms with Crippen LogP contribution < -0.4 is 16.0 Å². The number of benzene rings is 1. The third-order valence-electron chi connectivity index (χ3n) is 1.36. The molecule has 4 N–H and O–H groups in total. The summed E-state index contributed by atoms with van der Waals surface area (Å²) in [4.78, 5) is 0. The van der Waals surface area contributed by atoms with Gasteiger partial charge in [-0.05, 0) is 12.1 Å². The van der Waals surface area contributed by atoms with E-state index in [-0.39, 0.29) is 17.2 Å². The minimum absolute atomic E-state index is 0.0669. The number of anilines is 1. The second-order valence-electron chi connectivity index (χ2n) is 2.17. The molecule has 0 bridgehead atoms. The van der Waals surface area contributed by atoms with Gasteiger partial charge in [0.2, 0.25) is 0 Å². The Kier molecular flexibility index (Phi) is 2.86. The van der Waals surface area contributed by atoms with Crippen molar-refractivity contribution < 1.29 is 18.6 Å². The molecule has 0 aliphatic rings. The molecule has 0 spiro atoms. The Labute approximate surface area is 72.9 Å². The Morgan fingerprint density at radius 3 is 2.69 bits per heavy atom. The van der Waals surface area contributed by atoms with Crippen LogP contribution in [0.15, 0.2) is 18.2 Å². The third kappa shape index (κ3) is 2.19. The van der Waals surface area contributed by atoms with E-state index >= 15 is 0 Å². The third-order valence-corrected chi connectivity index (χ3v) is 1.36. The van der Waals surface area contributed by atoms with Gasteiger partial charge in [0.1, 0.15) is 11.4 Å². The van der Waals surface area contributed by atoms with Gasteiger partial charge in [-0.15, -0.1) is 0 Å². The monoisotopic (exact) mass is 190 g/mol. The highest BCUT2D eigenvalue weighted by Gasteiger charge is 2.11. The number of phenolic OH excluding ortho intramolecular Hbond substituents is 1. The maximum atomic E-state index is 11.8. The molecule has 0 saturated carbocycles. The predicted octanol–water partition coefficient (Wildman–Crippen LogP) is 1.28. The van der Waals surface area contributed by atoms with Crippen LogP contribution in [0.5, 0.6) is 11.5 Å². The van der Waals surface area contributed by atoms with E-state index in [0.717, 1.165) is 0 Å². The van der Waals surface area contributed by atoms with Crippen LogP contribution in [0.25, 0.3) is 0 Å². The molecular weight excluding hydrogens is 182 g/mol. The summed E-state index contributed by atoms with van der Waals surface area (Å²) in [7, 11) is 0. The zero-order valence-electron chi connectivity index (χ0n) is 6.50. The van der Waals surface area contributed by atoms with Crippen LogP contribution in [0.1, 0.15) is 0 Å². The van der Waals surface area contributed by atoms with Gasteiger partial charge >= 0.3 is 6.61 Å². The molecule has 1 rings (SSSR count). The largest absolute Gasteiger partial charge is 0.506 e. The molecule has 0 atom stereocenters. The lowest BCUT2D eigenvalue weighted by atomic mass is 10.3. The number of rotatable bonds is 3.